The fraction of sp³-hybridized carbons (Fsp3) is 0.500. The number of nitrogens with one attached hydrogen (secondary N) is 1. The van der Waals surface area contributed by atoms with E-state index in [9.17, 15) is 14.4 Å². The average Bonchev–Trinajstić information content (AvgIpc) is 3.38. The lowest BCUT2D eigenvalue weighted by molar-refractivity contribution is -0.140. The quantitative estimate of drug-likeness (QED) is 0.658. The van der Waals surface area contributed by atoms with Crippen molar-refractivity contribution in [3.63, 3.8) is 0 Å². The van der Waals surface area contributed by atoms with Gasteiger partial charge in [-0.25, -0.2) is 0 Å². The van der Waals surface area contributed by atoms with E-state index in [-0.39, 0.29) is 29.7 Å². The summed E-state index contributed by atoms with van der Waals surface area (Å²) >= 11 is 1.60. The zero-order valence-electron chi connectivity index (χ0n) is 20.0. The van der Waals surface area contributed by atoms with E-state index in [1.165, 1.54) is 0 Å². The summed E-state index contributed by atoms with van der Waals surface area (Å²) in [5.41, 5.74) is 1.98. The standard InChI is InChI=1S/C26H34N4O3S/c1-3-12-27-23(31)18-28-13-15-29(16-14-28)26(33)21-10-11-24(32)30(20-8-6-19(2)7-9-20)25(21)22-5-4-17-34-22/h4-9,17,21,25H,3,10-16,18H2,1-2H3,(H,27,31). The number of piperazine rings is 1. The van der Waals surface area contributed by atoms with Crippen molar-refractivity contribution in [3.05, 3.63) is 52.2 Å². The molecular weight excluding hydrogens is 448 g/mol. The number of amides is 3. The Morgan fingerprint density at radius 1 is 1.09 bits per heavy atom. The minimum atomic E-state index is -0.297. The van der Waals surface area contributed by atoms with Crippen LogP contribution in [0.25, 0.3) is 0 Å². The van der Waals surface area contributed by atoms with Gasteiger partial charge in [-0.15, -0.1) is 11.3 Å². The molecule has 3 heterocycles. The Hall–Kier alpha value is -2.71. The van der Waals surface area contributed by atoms with Gasteiger partial charge in [0.1, 0.15) is 0 Å². The van der Waals surface area contributed by atoms with E-state index in [2.05, 4.69) is 10.2 Å². The summed E-state index contributed by atoms with van der Waals surface area (Å²) in [7, 11) is 0. The summed E-state index contributed by atoms with van der Waals surface area (Å²) in [4.78, 5) is 45.8. The van der Waals surface area contributed by atoms with Gasteiger partial charge in [-0.3, -0.25) is 19.3 Å². The lowest BCUT2D eigenvalue weighted by atomic mass is 9.85. The van der Waals surface area contributed by atoms with Crippen LogP contribution in [-0.4, -0.2) is 66.8 Å². The molecule has 1 aromatic carbocycles. The molecule has 7 nitrogen and oxygen atoms in total. The first kappa shape index (κ1) is 24.4. The van der Waals surface area contributed by atoms with E-state index in [1.54, 1.807) is 11.3 Å². The van der Waals surface area contributed by atoms with Gasteiger partial charge in [0.05, 0.1) is 18.5 Å². The Kier molecular flexibility index (Phi) is 8.00. The summed E-state index contributed by atoms with van der Waals surface area (Å²) in [6.45, 7) is 7.70. The van der Waals surface area contributed by atoms with Crippen LogP contribution in [0.3, 0.4) is 0 Å². The van der Waals surface area contributed by atoms with E-state index in [0.717, 1.165) is 22.5 Å². The van der Waals surface area contributed by atoms with Crippen molar-refractivity contribution in [2.75, 3.05) is 44.2 Å². The number of hydrogen-bond donors (Lipinski definition) is 1. The summed E-state index contributed by atoms with van der Waals surface area (Å²) in [6, 6.07) is 11.7. The highest BCUT2D eigenvalue weighted by Gasteiger charge is 2.43. The van der Waals surface area contributed by atoms with Crippen molar-refractivity contribution in [3.8, 4) is 0 Å². The van der Waals surface area contributed by atoms with Crippen LogP contribution in [0.1, 0.15) is 42.7 Å². The van der Waals surface area contributed by atoms with E-state index in [1.807, 2.05) is 65.4 Å². The number of nitrogens with zero attached hydrogens (tertiary/aromatic N) is 3. The van der Waals surface area contributed by atoms with E-state index in [4.69, 9.17) is 0 Å². The topological polar surface area (TPSA) is 73.0 Å². The molecule has 182 valence electrons. The number of benzene rings is 1. The second-order valence-corrected chi connectivity index (χ2v) is 10.1. The Morgan fingerprint density at radius 3 is 2.47 bits per heavy atom. The summed E-state index contributed by atoms with van der Waals surface area (Å²) in [6.07, 6.45) is 1.84. The van der Waals surface area contributed by atoms with E-state index >= 15 is 0 Å². The van der Waals surface area contributed by atoms with Gasteiger partial charge < -0.3 is 15.1 Å². The van der Waals surface area contributed by atoms with Crippen molar-refractivity contribution < 1.29 is 14.4 Å². The highest BCUT2D eigenvalue weighted by Crippen LogP contribution is 2.42. The molecule has 2 aliphatic heterocycles. The molecule has 0 aliphatic carbocycles. The number of rotatable bonds is 7. The molecule has 1 aromatic heterocycles. The van der Waals surface area contributed by atoms with Crippen LogP contribution in [0.15, 0.2) is 41.8 Å². The number of piperidine rings is 1. The number of anilines is 1. The Morgan fingerprint density at radius 2 is 1.82 bits per heavy atom. The SMILES string of the molecule is CCCNC(=O)CN1CCN(C(=O)C2CCC(=O)N(c3ccc(C)cc3)C2c2cccs2)CC1. The highest BCUT2D eigenvalue weighted by molar-refractivity contribution is 7.10. The first-order valence-electron chi connectivity index (χ1n) is 12.2. The molecule has 0 bridgehead atoms. The number of hydrogen-bond acceptors (Lipinski definition) is 5. The number of aryl methyl sites for hydroxylation is 1. The molecule has 4 rings (SSSR count). The summed E-state index contributed by atoms with van der Waals surface area (Å²) < 4.78 is 0. The minimum Gasteiger partial charge on any atom is -0.355 e. The van der Waals surface area contributed by atoms with Crippen molar-refractivity contribution >= 4 is 34.7 Å². The van der Waals surface area contributed by atoms with Crippen molar-refractivity contribution in [1.82, 2.24) is 15.1 Å². The average molecular weight is 483 g/mol. The molecule has 2 unspecified atom stereocenters. The predicted octanol–water partition coefficient (Wildman–Crippen LogP) is 3.21. The van der Waals surface area contributed by atoms with Crippen LogP contribution in [0.5, 0.6) is 0 Å². The van der Waals surface area contributed by atoms with Crippen LogP contribution in [0.2, 0.25) is 0 Å². The van der Waals surface area contributed by atoms with Crippen LogP contribution in [0, 0.1) is 12.8 Å². The number of carbonyl (C=O) groups is 3. The zero-order valence-corrected chi connectivity index (χ0v) is 20.9. The molecule has 2 fully saturated rings. The fourth-order valence-electron chi connectivity index (χ4n) is 4.83. The van der Waals surface area contributed by atoms with E-state index < -0.39 is 0 Å². The normalized spacial score (nSPS) is 21.5. The molecule has 1 N–H and O–H groups in total. The minimum absolute atomic E-state index is 0.0407. The molecule has 2 saturated heterocycles. The third-order valence-corrected chi connectivity index (χ3v) is 7.63. The summed E-state index contributed by atoms with van der Waals surface area (Å²) in [5, 5.41) is 4.92. The Labute approximate surface area is 205 Å². The van der Waals surface area contributed by atoms with Crippen molar-refractivity contribution in [2.24, 2.45) is 5.92 Å². The van der Waals surface area contributed by atoms with Gasteiger partial charge in [0.2, 0.25) is 17.7 Å². The largest absolute Gasteiger partial charge is 0.355 e. The lowest BCUT2D eigenvalue weighted by Crippen LogP contribution is -2.55. The zero-order chi connectivity index (χ0) is 24.1. The molecule has 0 saturated carbocycles. The van der Waals surface area contributed by atoms with Gasteiger partial charge in [0.25, 0.3) is 0 Å². The summed E-state index contributed by atoms with van der Waals surface area (Å²) in [5.74, 6) is -0.0664. The monoisotopic (exact) mass is 482 g/mol. The molecule has 2 atom stereocenters. The molecule has 2 aromatic rings. The van der Waals surface area contributed by atoms with Gasteiger partial charge in [0.15, 0.2) is 0 Å². The van der Waals surface area contributed by atoms with Crippen molar-refractivity contribution in [1.29, 1.82) is 0 Å². The fourth-order valence-corrected chi connectivity index (χ4v) is 5.71. The number of thiophene rings is 1. The highest BCUT2D eigenvalue weighted by atomic mass is 32.1. The van der Waals surface area contributed by atoms with Gasteiger partial charge in [-0.2, -0.15) is 0 Å². The molecule has 2 aliphatic rings. The van der Waals surface area contributed by atoms with Crippen LogP contribution in [-0.2, 0) is 14.4 Å². The predicted molar refractivity (Wildman–Crippen MR) is 135 cm³/mol. The van der Waals surface area contributed by atoms with Gasteiger partial charge >= 0.3 is 0 Å². The van der Waals surface area contributed by atoms with Crippen LogP contribution >= 0.6 is 11.3 Å². The maximum Gasteiger partial charge on any atom is 0.234 e. The second kappa shape index (κ2) is 11.1. The molecule has 8 heteroatoms. The molecule has 3 amide bonds. The smallest absolute Gasteiger partial charge is 0.234 e. The molecular formula is C26H34N4O3S. The van der Waals surface area contributed by atoms with Crippen LogP contribution < -0.4 is 10.2 Å². The van der Waals surface area contributed by atoms with Crippen LogP contribution in [0.4, 0.5) is 5.69 Å². The first-order valence-corrected chi connectivity index (χ1v) is 13.1. The Bertz CT molecular complexity index is 984. The van der Waals surface area contributed by atoms with Gasteiger partial charge in [-0.1, -0.05) is 30.7 Å². The molecule has 34 heavy (non-hydrogen) atoms. The van der Waals surface area contributed by atoms with Crippen molar-refractivity contribution in [2.45, 2.75) is 39.2 Å². The number of carbonyl (C=O) groups excluding carboxylic acids is 3. The van der Waals surface area contributed by atoms with E-state index in [0.29, 0.717) is 52.1 Å². The first-order chi connectivity index (χ1) is 16.5. The maximum atomic E-state index is 13.8. The maximum absolute atomic E-state index is 13.8. The lowest BCUT2D eigenvalue weighted by Gasteiger charge is -2.43. The van der Waals surface area contributed by atoms with Gasteiger partial charge in [0, 0.05) is 49.7 Å². The van der Waals surface area contributed by atoms with Gasteiger partial charge in [-0.05, 0) is 43.3 Å². The molecule has 0 radical (unpaired) electrons. The second-order valence-electron chi connectivity index (χ2n) is 9.16. The third-order valence-electron chi connectivity index (χ3n) is 6.68. The Balaban J connectivity index is 1.49. The third kappa shape index (κ3) is 5.50. The molecule has 0 spiro atoms.